The third kappa shape index (κ3) is 4.97. The molecule has 0 radical (unpaired) electrons. The molecule has 5 heteroatoms. The van der Waals surface area contributed by atoms with Gasteiger partial charge < -0.3 is 10.2 Å². The number of carbonyl (C=O) groups excluding carboxylic acids is 2. The van der Waals surface area contributed by atoms with Crippen molar-refractivity contribution in [1.29, 1.82) is 0 Å². The van der Waals surface area contributed by atoms with Crippen LogP contribution in [0.5, 0.6) is 0 Å². The highest BCUT2D eigenvalue weighted by atomic mass is 16.2. The molecular formula is C23H29N3O2. The molecule has 1 N–H and O–H groups in total. The first-order valence-corrected chi connectivity index (χ1v) is 10.2. The summed E-state index contributed by atoms with van der Waals surface area (Å²) in [6.07, 6.45) is 9.90. The van der Waals surface area contributed by atoms with Crippen LogP contribution < -0.4 is 10.2 Å². The number of aryl methyl sites for hydroxylation is 1. The molecule has 1 aliphatic rings. The van der Waals surface area contributed by atoms with Gasteiger partial charge in [-0.1, -0.05) is 37.8 Å². The third-order valence-corrected chi connectivity index (χ3v) is 5.31. The highest BCUT2D eigenvalue weighted by Crippen LogP contribution is 2.20. The minimum Gasteiger partial charge on any atom is -0.349 e. The Labute approximate surface area is 167 Å². The number of aromatic nitrogens is 1. The van der Waals surface area contributed by atoms with Crippen molar-refractivity contribution in [2.24, 2.45) is 0 Å². The molecule has 3 rings (SSSR count). The first kappa shape index (κ1) is 20.1. The molecule has 0 saturated heterocycles. The van der Waals surface area contributed by atoms with Gasteiger partial charge in [0.15, 0.2) is 0 Å². The van der Waals surface area contributed by atoms with Gasteiger partial charge in [0, 0.05) is 30.7 Å². The largest absolute Gasteiger partial charge is 0.349 e. The minimum absolute atomic E-state index is 0.146. The summed E-state index contributed by atoms with van der Waals surface area (Å²) in [5.41, 5.74) is 2.81. The van der Waals surface area contributed by atoms with E-state index < -0.39 is 0 Å². The summed E-state index contributed by atoms with van der Waals surface area (Å²) in [7, 11) is 0. The molecule has 1 aromatic carbocycles. The zero-order chi connectivity index (χ0) is 19.9. The van der Waals surface area contributed by atoms with Gasteiger partial charge in [-0.3, -0.25) is 14.6 Å². The second kappa shape index (κ2) is 9.49. The van der Waals surface area contributed by atoms with Crippen molar-refractivity contribution in [3.8, 4) is 0 Å². The quantitative estimate of drug-likeness (QED) is 0.778. The van der Waals surface area contributed by atoms with Gasteiger partial charge in [0.1, 0.15) is 0 Å². The lowest BCUT2D eigenvalue weighted by atomic mass is 10.1. The number of nitrogens with zero attached hydrogens (tertiary/aromatic N) is 2. The molecule has 0 atom stereocenters. The Morgan fingerprint density at radius 3 is 2.46 bits per heavy atom. The fraction of sp³-hybridized carbons (Fsp3) is 0.435. The zero-order valence-corrected chi connectivity index (χ0v) is 16.8. The van der Waals surface area contributed by atoms with Crippen molar-refractivity contribution < 1.29 is 9.59 Å². The molecule has 0 bridgehead atoms. The standard InChI is InChI=1S/C23H29N3O2/c1-3-26(21-12-8-9-17(2)13-21)23(28)19-14-18(15-24-16-19)22(27)25-20-10-6-4-5-7-11-20/h8-9,12-16,20H,3-7,10-11H2,1-2H3,(H,25,27). The van der Waals surface area contributed by atoms with E-state index in [1.54, 1.807) is 11.0 Å². The molecule has 1 fully saturated rings. The fourth-order valence-corrected chi connectivity index (χ4v) is 3.77. The average Bonchev–Trinajstić information content (AvgIpc) is 2.97. The normalized spacial score (nSPS) is 14.9. The van der Waals surface area contributed by atoms with E-state index in [2.05, 4.69) is 10.3 Å². The third-order valence-electron chi connectivity index (χ3n) is 5.31. The molecular weight excluding hydrogens is 350 g/mol. The molecule has 148 valence electrons. The van der Waals surface area contributed by atoms with Crippen LogP contribution in [0.4, 0.5) is 5.69 Å². The van der Waals surface area contributed by atoms with Crippen molar-refractivity contribution in [2.75, 3.05) is 11.4 Å². The maximum atomic E-state index is 13.1. The van der Waals surface area contributed by atoms with E-state index in [0.717, 1.165) is 36.9 Å². The molecule has 1 aromatic heterocycles. The van der Waals surface area contributed by atoms with E-state index in [-0.39, 0.29) is 17.9 Å². The van der Waals surface area contributed by atoms with Crippen LogP contribution in [-0.2, 0) is 0 Å². The number of rotatable bonds is 5. The van der Waals surface area contributed by atoms with E-state index in [9.17, 15) is 9.59 Å². The topological polar surface area (TPSA) is 62.3 Å². The second-order valence-corrected chi connectivity index (χ2v) is 7.51. The Bertz CT molecular complexity index is 826. The maximum absolute atomic E-state index is 13.1. The molecule has 0 unspecified atom stereocenters. The number of nitrogens with one attached hydrogen (secondary N) is 1. The monoisotopic (exact) mass is 379 g/mol. The van der Waals surface area contributed by atoms with Crippen molar-refractivity contribution >= 4 is 17.5 Å². The van der Waals surface area contributed by atoms with Gasteiger partial charge in [-0.15, -0.1) is 0 Å². The first-order valence-electron chi connectivity index (χ1n) is 10.2. The number of hydrogen-bond acceptors (Lipinski definition) is 3. The van der Waals surface area contributed by atoms with Gasteiger partial charge in [-0.25, -0.2) is 0 Å². The lowest BCUT2D eigenvalue weighted by Gasteiger charge is -2.22. The van der Waals surface area contributed by atoms with E-state index in [1.165, 1.54) is 25.2 Å². The van der Waals surface area contributed by atoms with Crippen LogP contribution in [0, 0.1) is 6.92 Å². The number of benzene rings is 1. The highest BCUT2D eigenvalue weighted by molar-refractivity contribution is 6.07. The lowest BCUT2D eigenvalue weighted by molar-refractivity contribution is 0.0933. The van der Waals surface area contributed by atoms with Crippen molar-refractivity contribution in [2.45, 2.75) is 58.4 Å². The number of amides is 2. The summed E-state index contributed by atoms with van der Waals surface area (Å²) in [4.78, 5) is 31.6. The SMILES string of the molecule is CCN(C(=O)c1cncc(C(=O)NC2CCCCCC2)c1)c1cccc(C)c1. The zero-order valence-electron chi connectivity index (χ0n) is 16.8. The Balaban J connectivity index is 1.75. The number of anilines is 1. The van der Waals surface area contributed by atoms with E-state index in [4.69, 9.17) is 0 Å². The Hall–Kier alpha value is -2.69. The second-order valence-electron chi connectivity index (χ2n) is 7.51. The summed E-state index contributed by atoms with van der Waals surface area (Å²) in [6.45, 7) is 4.49. The van der Waals surface area contributed by atoms with Crippen molar-refractivity contribution in [3.05, 3.63) is 59.4 Å². The van der Waals surface area contributed by atoms with Crippen molar-refractivity contribution in [1.82, 2.24) is 10.3 Å². The van der Waals surface area contributed by atoms with Crippen LogP contribution >= 0.6 is 0 Å². The lowest BCUT2D eigenvalue weighted by Crippen LogP contribution is -2.35. The van der Waals surface area contributed by atoms with Crippen LogP contribution in [-0.4, -0.2) is 29.4 Å². The van der Waals surface area contributed by atoms with Gasteiger partial charge in [-0.05, 0) is 50.5 Å². The number of hydrogen-bond donors (Lipinski definition) is 1. The Morgan fingerprint density at radius 1 is 1.07 bits per heavy atom. The first-order chi connectivity index (χ1) is 13.6. The predicted molar refractivity (Wildman–Crippen MR) is 112 cm³/mol. The van der Waals surface area contributed by atoms with Gasteiger partial charge in [0.2, 0.25) is 0 Å². The van der Waals surface area contributed by atoms with E-state index in [1.807, 2.05) is 38.1 Å². The highest BCUT2D eigenvalue weighted by Gasteiger charge is 2.20. The van der Waals surface area contributed by atoms with Crippen LogP contribution in [0.3, 0.4) is 0 Å². The molecule has 28 heavy (non-hydrogen) atoms. The summed E-state index contributed by atoms with van der Waals surface area (Å²) in [5.74, 6) is -0.294. The Kier molecular flexibility index (Phi) is 6.80. The molecule has 2 aromatic rings. The van der Waals surface area contributed by atoms with Gasteiger partial charge in [0.25, 0.3) is 11.8 Å². The summed E-state index contributed by atoms with van der Waals surface area (Å²) >= 11 is 0. The molecule has 1 heterocycles. The van der Waals surface area contributed by atoms with Gasteiger partial charge in [0.05, 0.1) is 11.1 Å². The molecule has 0 spiro atoms. The van der Waals surface area contributed by atoms with Crippen molar-refractivity contribution in [3.63, 3.8) is 0 Å². The van der Waals surface area contributed by atoms with Gasteiger partial charge >= 0.3 is 0 Å². The predicted octanol–water partition coefficient (Wildman–Crippen LogP) is 4.51. The fourth-order valence-electron chi connectivity index (χ4n) is 3.77. The summed E-state index contributed by atoms with van der Waals surface area (Å²) in [5, 5.41) is 3.12. The minimum atomic E-state index is -0.148. The van der Waals surface area contributed by atoms with Crippen LogP contribution in [0.25, 0.3) is 0 Å². The number of pyridine rings is 1. The Morgan fingerprint density at radius 2 is 1.79 bits per heavy atom. The van der Waals surface area contributed by atoms with Gasteiger partial charge in [-0.2, -0.15) is 0 Å². The number of carbonyl (C=O) groups is 2. The summed E-state index contributed by atoms with van der Waals surface area (Å²) < 4.78 is 0. The van der Waals surface area contributed by atoms with E-state index >= 15 is 0 Å². The summed E-state index contributed by atoms with van der Waals surface area (Å²) in [6, 6.07) is 9.72. The molecule has 2 amide bonds. The van der Waals surface area contributed by atoms with E-state index in [0.29, 0.717) is 17.7 Å². The molecule has 1 aliphatic carbocycles. The maximum Gasteiger partial charge on any atom is 0.259 e. The molecule has 5 nitrogen and oxygen atoms in total. The molecule has 0 aliphatic heterocycles. The average molecular weight is 380 g/mol. The molecule has 1 saturated carbocycles. The van der Waals surface area contributed by atoms with Crippen LogP contribution in [0.1, 0.15) is 71.7 Å². The smallest absolute Gasteiger partial charge is 0.259 e. The van der Waals surface area contributed by atoms with Crippen LogP contribution in [0.15, 0.2) is 42.7 Å². The van der Waals surface area contributed by atoms with Crippen LogP contribution in [0.2, 0.25) is 0 Å².